The monoisotopic (exact) mass is 170 g/mol. The van der Waals surface area contributed by atoms with Crippen LogP contribution in [0.5, 0.6) is 0 Å². The number of thiophene rings is 1. The van der Waals surface area contributed by atoms with E-state index in [4.69, 9.17) is 0 Å². The zero-order valence-corrected chi connectivity index (χ0v) is 8.79. The summed E-state index contributed by atoms with van der Waals surface area (Å²) in [6.07, 6.45) is 2.64. The summed E-state index contributed by atoms with van der Waals surface area (Å²) in [6, 6.07) is 4.28. The Morgan fingerprint density at radius 2 is 1.36 bits per heavy atom. The van der Waals surface area contributed by atoms with Crippen LogP contribution >= 0.6 is 11.3 Å². The number of rotatable bonds is 1. The molecule has 0 aliphatic rings. The second-order valence-corrected chi connectivity index (χ2v) is 4.15. The first-order chi connectivity index (χ1) is 5.20. The molecule has 0 nitrogen and oxygen atoms in total. The van der Waals surface area contributed by atoms with Crippen LogP contribution in [0.1, 0.15) is 36.4 Å². The standard InChI is InChI=1S/C6H8S.C4H10/c1-5-3-4-6(2)7-5;1-3-4-2/h3-4H,1-2H3;3-4H2,1-2H3. The SMILES string of the molecule is CCCC.Cc1ccc(C)s1. The van der Waals surface area contributed by atoms with Crippen LogP contribution in [0.15, 0.2) is 12.1 Å². The molecule has 1 aromatic rings. The van der Waals surface area contributed by atoms with E-state index in [1.165, 1.54) is 22.6 Å². The zero-order valence-electron chi connectivity index (χ0n) is 7.98. The van der Waals surface area contributed by atoms with Gasteiger partial charge < -0.3 is 0 Å². The van der Waals surface area contributed by atoms with Crippen molar-refractivity contribution in [1.82, 2.24) is 0 Å². The fraction of sp³-hybridized carbons (Fsp3) is 0.600. The summed E-state index contributed by atoms with van der Waals surface area (Å²) in [4.78, 5) is 2.80. The first kappa shape index (κ1) is 10.7. The number of aryl methyl sites for hydroxylation is 2. The third-order valence-corrected chi connectivity index (χ3v) is 2.29. The summed E-state index contributed by atoms with van der Waals surface area (Å²) in [5, 5.41) is 0. The molecule has 0 aromatic carbocycles. The van der Waals surface area contributed by atoms with Crippen molar-refractivity contribution >= 4 is 11.3 Å². The van der Waals surface area contributed by atoms with Gasteiger partial charge in [-0.3, -0.25) is 0 Å². The molecular formula is C10H18S. The molecule has 0 aliphatic carbocycles. The Labute approximate surface area is 74.3 Å². The maximum atomic E-state index is 2.18. The molecule has 64 valence electrons. The van der Waals surface area contributed by atoms with Crippen molar-refractivity contribution in [2.75, 3.05) is 0 Å². The summed E-state index contributed by atoms with van der Waals surface area (Å²) in [6.45, 7) is 8.61. The Hall–Kier alpha value is -0.300. The van der Waals surface area contributed by atoms with Gasteiger partial charge in [0.05, 0.1) is 0 Å². The van der Waals surface area contributed by atoms with Crippen LogP contribution in [0.4, 0.5) is 0 Å². The molecule has 0 fully saturated rings. The molecule has 11 heavy (non-hydrogen) atoms. The maximum absolute atomic E-state index is 2.18. The Balaban J connectivity index is 0.000000218. The molecule has 0 atom stereocenters. The molecular weight excluding hydrogens is 152 g/mol. The highest BCUT2D eigenvalue weighted by Crippen LogP contribution is 2.12. The van der Waals surface area contributed by atoms with E-state index in [0.29, 0.717) is 0 Å². The van der Waals surface area contributed by atoms with E-state index in [0.717, 1.165) is 0 Å². The van der Waals surface area contributed by atoms with Crippen LogP contribution in [0.25, 0.3) is 0 Å². The lowest BCUT2D eigenvalue weighted by Gasteiger charge is -1.71. The van der Waals surface area contributed by atoms with Gasteiger partial charge in [0.15, 0.2) is 0 Å². The summed E-state index contributed by atoms with van der Waals surface area (Å²) < 4.78 is 0. The van der Waals surface area contributed by atoms with Gasteiger partial charge in [-0.1, -0.05) is 26.7 Å². The topological polar surface area (TPSA) is 0 Å². The van der Waals surface area contributed by atoms with Crippen molar-refractivity contribution in [1.29, 1.82) is 0 Å². The lowest BCUT2D eigenvalue weighted by molar-refractivity contribution is 0.886. The zero-order chi connectivity index (χ0) is 8.69. The minimum atomic E-state index is 1.32. The van der Waals surface area contributed by atoms with E-state index < -0.39 is 0 Å². The highest BCUT2D eigenvalue weighted by Gasteiger charge is 1.84. The molecule has 1 heterocycles. The Bertz CT molecular complexity index is 158. The van der Waals surface area contributed by atoms with E-state index >= 15 is 0 Å². The van der Waals surface area contributed by atoms with Crippen molar-refractivity contribution in [3.8, 4) is 0 Å². The second-order valence-electron chi connectivity index (χ2n) is 2.66. The van der Waals surface area contributed by atoms with Gasteiger partial charge >= 0.3 is 0 Å². The highest BCUT2D eigenvalue weighted by atomic mass is 32.1. The lowest BCUT2D eigenvalue weighted by atomic mass is 10.4. The summed E-state index contributed by atoms with van der Waals surface area (Å²) in [7, 11) is 0. The van der Waals surface area contributed by atoms with Gasteiger partial charge in [0.1, 0.15) is 0 Å². The molecule has 0 saturated heterocycles. The maximum Gasteiger partial charge on any atom is 0.00170 e. The number of unbranched alkanes of at least 4 members (excludes halogenated alkanes) is 1. The van der Waals surface area contributed by atoms with E-state index in [1.807, 2.05) is 11.3 Å². The third kappa shape index (κ3) is 6.11. The molecule has 1 heteroatoms. The van der Waals surface area contributed by atoms with E-state index in [2.05, 4.69) is 39.8 Å². The molecule has 0 bridgehead atoms. The average Bonchev–Trinajstić information content (AvgIpc) is 2.35. The smallest absolute Gasteiger partial charge is 0.00170 e. The van der Waals surface area contributed by atoms with Crippen molar-refractivity contribution in [3.05, 3.63) is 21.9 Å². The summed E-state index contributed by atoms with van der Waals surface area (Å²) in [5.74, 6) is 0. The first-order valence-corrected chi connectivity index (χ1v) is 5.05. The van der Waals surface area contributed by atoms with Crippen molar-refractivity contribution < 1.29 is 0 Å². The first-order valence-electron chi connectivity index (χ1n) is 4.23. The van der Waals surface area contributed by atoms with Gasteiger partial charge in [-0.05, 0) is 26.0 Å². The van der Waals surface area contributed by atoms with Crippen LogP contribution in [0, 0.1) is 13.8 Å². The van der Waals surface area contributed by atoms with Gasteiger partial charge in [-0.25, -0.2) is 0 Å². The summed E-state index contributed by atoms with van der Waals surface area (Å²) in [5.41, 5.74) is 0. The van der Waals surface area contributed by atoms with Gasteiger partial charge in [-0.15, -0.1) is 11.3 Å². The van der Waals surface area contributed by atoms with Crippen LogP contribution in [0.3, 0.4) is 0 Å². The van der Waals surface area contributed by atoms with E-state index in [-0.39, 0.29) is 0 Å². The minimum absolute atomic E-state index is 1.32. The van der Waals surface area contributed by atoms with Gasteiger partial charge in [0.25, 0.3) is 0 Å². The van der Waals surface area contributed by atoms with Crippen LogP contribution in [0.2, 0.25) is 0 Å². The lowest BCUT2D eigenvalue weighted by Crippen LogP contribution is -1.47. The minimum Gasteiger partial charge on any atom is -0.146 e. The largest absolute Gasteiger partial charge is 0.146 e. The Kier molecular flexibility index (Phi) is 6.24. The van der Waals surface area contributed by atoms with Gasteiger partial charge in [-0.2, -0.15) is 0 Å². The highest BCUT2D eigenvalue weighted by molar-refractivity contribution is 7.11. The Morgan fingerprint density at radius 3 is 1.45 bits per heavy atom. The fourth-order valence-electron chi connectivity index (χ4n) is 0.557. The number of hydrogen-bond acceptors (Lipinski definition) is 1. The number of hydrogen-bond donors (Lipinski definition) is 0. The van der Waals surface area contributed by atoms with Crippen molar-refractivity contribution in [3.63, 3.8) is 0 Å². The Morgan fingerprint density at radius 1 is 1.00 bits per heavy atom. The van der Waals surface area contributed by atoms with Crippen LogP contribution in [-0.4, -0.2) is 0 Å². The van der Waals surface area contributed by atoms with Crippen LogP contribution < -0.4 is 0 Å². The van der Waals surface area contributed by atoms with E-state index in [9.17, 15) is 0 Å². The molecule has 0 N–H and O–H groups in total. The molecule has 1 aromatic heterocycles. The third-order valence-electron chi connectivity index (χ3n) is 1.37. The van der Waals surface area contributed by atoms with Crippen molar-refractivity contribution in [2.45, 2.75) is 40.5 Å². The summed E-state index contributed by atoms with van der Waals surface area (Å²) >= 11 is 1.84. The molecule has 0 spiro atoms. The molecule has 0 saturated carbocycles. The average molecular weight is 170 g/mol. The van der Waals surface area contributed by atoms with E-state index in [1.54, 1.807) is 0 Å². The molecule has 0 radical (unpaired) electrons. The van der Waals surface area contributed by atoms with Crippen LogP contribution in [-0.2, 0) is 0 Å². The fourth-order valence-corrected chi connectivity index (χ4v) is 1.34. The predicted octanol–water partition coefficient (Wildman–Crippen LogP) is 4.17. The molecule has 0 amide bonds. The van der Waals surface area contributed by atoms with Crippen molar-refractivity contribution in [2.24, 2.45) is 0 Å². The van der Waals surface area contributed by atoms with Gasteiger partial charge in [0, 0.05) is 9.75 Å². The second kappa shape index (κ2) is 6.41. The molecule has 0 aliphatic heterocycles. The van der Waals surface area contributed by atoms with Gasteiger partial charge in [0.2, 0.25) is 0 Å². The normalized spacial score (nSPS) is 8.73. The predicted molar refractivity (Wildman–Crippen MR) is 54.4 cm³/mol. The molecule has 0 unspecified atom stereocenters. The molecule has 1 rings (SSSR count). The quantitative estimate of drug-likeness (QED) is 0.593.